The topological polar surface area (TPSA) is 69.3 Å². The minimum atomic E-state index is -2.99. The van der Waals surface area contributed by atoms with Crippen LogP contribution < -0.4 is 0 Å². The lowest BCUT2D eigenvalue weighted by Gasteiger charge is -2.43. The average molecular weight is 372 g/mol. The van der Waals surface area contributed by atoms with Gasteiger partial charge >= 0.3 is 0 Å². The van der Waals surface area contributed by atoms with Crippen LogP contribution in [-0.2, 0) is 16.4 Å². The Balaban J connectivity index is 1.45. The van der Waals surface area contributed by atoms with Gasteiger partial charge in [-0.05, 0) is 5.56 Å². The molecule has 0 radical (unpaired) electrons. The molecule has 26 heavy (non-hydrogen) atoms. The fraction of sp³-hybridized carbons (Fsp3) is 0.421. The first-order valence-corrected chi connectivity index (χ1v) is 10.8. The van der Waals surface area contributed by atoms with Crippen molar-refractivity contribution in [3.8, 4) is 0 Å². The molecule has 4 rings (SSSR count). The molecule has 138 valence electrons. The average Bonchev–Trinajstić information content (AvgIpc) is 3.24. The summed E-state index contributed by atoms with van der Waals surface area (Å²) in [4.78, 5) is 12.0. The monoisotopic (exact) mass is 372 g/mol. The van der Waals surface area contributed by atoms with Crippen LogP contribution in [0.1, 0.15) is 11.4 Å². The fourth-order valence-corrected chi connectivity index (χ4v) is 6.03. The maximum atomic E-state index is 12.3. The molecule has 2 aromatic rings. The molecule has 2 aliphatic heterocycles. The number of nitrogens with zero attached hydrogens (tertiary/aromatic N) is 3. The van der Waals surface area contributed by atoms with Gasteiger partial charge in [-0.1, -0.05) is 42.5 Å². The third-order valence-corrected chi connectivity index (χ3v) is 6.96. The summed E-state index contributed by atoms with van der Waals surface area (Å²) in [6.07, 6.45) is 7.79. The van der Waals surface area contributed by atoms with Gasteiger partial charge in [0, 0.05) is 44.1 Å². The van der Waals surface area contributed by atoms with Crippen molar-refractivity contribution in [3.05, 3.63) is 60.2 Å². The van der Waals surface area contributed by atoms with Gasteiger partial charge < -0.3 is 4.98 Å². The summed E-state index contributed by atoms with van der Waals surface area (Å²) in [5, 5.41) is 0. The Bertz CT molecular complexity index is 849. The maximum Gasteiger partial charge on any atom is 0.153 e. The molecule has 6 nitrogen and oxygen atoms in total. The Morgan fingerprint density at radius 2 is 1.85 bits per heavy atom. The number of piperazine rings is 1. The second-order valence-corrected chi connectivity index (χ2v) is 9.18. The van der Waals surface area contributed by atoms with Crippen molar-refractivity contribution in [1.29, 1.82) is 0 Å². The second kappa shape index (κ2) is 7.34. The predicted octanol–water partition coefficient (Wildman–Crippen LogP) is 1.41. The molecular weight excluding hydrogens is 348 g/mol. The molecule has 1 N–H and O–H groups in total. The van der Waals surface area contributed by atoms with Crippen molar-refractivity contribution in [2.75, 3.05) is 31.1 Å². The minimum absolute atomic E-state index is 0.0453. The molecule has 2 fully saturated rings. The van der Waals surface area contributed by atoms with Gasteiger partial charge in [0.05, 0.1) is 18.1 Å². The van der Waals surface area contributed by atoms with E-state index in [0.29, 0.717) is 6.54 Å². The first kappa shape index (κ1) is 17.5. The maximum absolute atomic E-state index is 12.3. The van der Waals surface area contributed by atoms with Crippen molar-refractivity contribution in [1.82, 2.24) is 19.8 Å². The highest BCUT2D eigenvalue weighted by molar-refractivity contribution is 7.91. The van der Waals surface area contributed by atoms with Crippen molar-refractivity contribution in [2.45, 2.75) is 18.6 Å². The van der Waals surface area contributed by atoms with Gasteiger partial charge in [0.2, 0.25) is 0 Å². The van der Waals surface area contributed by atoms with Gasteiger partial charge in [-0.25, -0.2) is 13.4 Å². The third-order valence-electron chi connectivity index (χ3n) is 5.26. The van der Waals surface area contributed by atoms with Crippen molar-refractivity contribution < 1.29 is 8.42 Å². The molecule has 1 aromatic heterocycles. The number of nitrogens with one attached hydrogen (secondary N) is 1. The molecule has 7 heteroatoms. The summed E-state index contributed by atoms with van der Waals surface area (Å²) in [6.45, 7) is 3.19. The highest BCUT2D eigenvalue weighted by Crippen LogP contribution is 2.27. The van der Waals surface area contributed by atoms with Crippen LogP contribution in [0.4, 0.5) is 0 Å². The summed E-state index contributed by atoms with van der Waals surface area (Å²) >= 11 is 0. The van der Waals surface area contributed by atoms with E-state index in [1.165, 1.54) is 5.56 Å². The van der Waals surface area contributed by atoms with Crippen LogP contribution in [0.15, 0.2) is 48.8 Å². The number of sulfone groups is 1. The summed E-state index contributed by atoms with van der Waals surface area (Å²) in [5.74, 6) is 1.40. The summed E-state index contributed by atoms with van der Waals surface area (Å²) in [6, 6.07) is 10.3. The van der Waals surface area contributed by atoms with E-state index in [-0.39, 0.29) is 23.6 Å². The van der Waals surface area contributed by atoms with E-state index < -0.39 is 9.84 Å². The Hall–Kier alpha value is -1.96. The molecule has 2 aliphatic rings. The van der Waals surface area contributed by atoms with Crippen LogP contribution in [0, 0.1) is 0 Å². The zero-order chi connectivity index (χ0) is 18.0. The molecule has 0 amide bonds. The largest absolute Gasteiger partial charge is 0.348 e. The second-order valence-electron chi connectivity index (χ2n) is 7.03. The van der Waals surface area contributed by atoms with E-state index >= 15 is 0 Å². The van der Waals surface area contributed by atoms with Gasteiger partial charge in [-0.15, -0.1) is 0 Å². The van der Waals surface area contributed by atoms with E-state index in [0.717, 1.165) is 25.5 Å². The lowest BCUT2D eigenvalue weighted by Crippen LogP contribution is -2.58. The highest BCUT2D eigenvalue weighted by Gasteiger charge is 2.46. The molecule has 0 bridgehead atoms. The van der Waals surface area contributed by atoms with Crippen LogP contribution in [0.2, 0.25) is 0 Å². The lowest BCUT2D eigenvalue weighted by atomic mass is 10.0. The summed E-state index contributed by atoms with van der Waals surface area (Å²) < 4.78 is 24.6. The first-order chi connectivity index (χ1) is 12.6. The Labute approximate surface area is 154 Å². The van der Waals surface area contributed by atoms with Crippen molar-refractivity contribution >= 4 is 15.9 Å². The van der Waals surface area contributed by atoms with Gasteiger partial charge in [-0.2, -0.15) is 0 Å². The van der Waals surface area contributed by atoms with E-state index in [1.807, 2.05) is 24.4 Å². The first-order valence-electron chi connectivity index (χ1n) is 8.99. The molecule has 0 saturated carbocycles. The number of H-pyrrole nitrogens is 1. The quantitative estimate of drug-likeness (QED) is 0.859. The zero-order valence-electron chi connectivity index (χ0n) is 14.7. The molecule has 0 spiro atoms. The van der Waals surface area contributed by atoms with E-state index in [1.54, 1.807) is 6.20 Å². The van der Waals surface area contributed by atoms with Crippen molar-refractivity contribution in [2.24, 2.45) is 0 Å². The molecule has 0 aliphatic carbocycles. The van der Waals surface area contributed by atoms with Crippen LogP contribution in [0.5, 0.6) is 0 Å². The molecule has 2 atom stereocenters. The standard InChI is InChI=1S/C19H24N4O2S/c24-26(25)14-17-18(15-26)23(13-19-20-8-9-21-19)12-11-22(17)10-4-7-16-5-2-1-3-6-16/h1-9,17-18H,10-15H2,(H,20,21)/t17-,18+/m1/s1. The summed E-state index contributed by atoms with van der Waals surface area (Å²) in [7, 11) is -2.99. The van der Waals surface area contributed by atoms with Crippen LogP contribution >= 0.6 is 0 Å². The normalized spacial score (nSPS) is 26.3. The molecule has 0 unspecified atom stereocenters. The van der Waals surface area contributed by atoms with Gasteiger partial charge in [0.1, 0.15) is 5.82 Å². The number of rotatable bonds is 5. The van der Waals surface area contributed by atoms with Crippen molar-refractivity contribution in [3.63, 3.8) is 0 Å². The third kappa shape index (κ3) is 3.90. The molecule has 2 saturated heterocycles. The summed E-state index contributed by atoms with van der Waals surface area (Å²) in [5.41, 5.74) is 1.17. The number of aromatic amines is 1. The van der Waals surface area contributed by atoms with E-state index in [4.69, 9.17) is 0 Å². The Morgan fingerprint density at radius 3 is 2.58 bits per heavy atom. The molecule has 1 aromatic carbocycles. The van der Waals surface area contributed by atoms with E-state index in [2.05, 4.69) is 44.1 Å². The lowest BCUT2D eigenvalue weighted by molar-refractivity contribution is 0.0464. The molecule has 3 heterocycles. The van der Waals surface area contributed by atoms with Gasteiger partial charge in [0.25, 0.3) is 0 Å². The predicted molar refractivity (Wildman–Crippen MR) is 102 cm³/mol. The Kier molecular flexibility index (Phi) is 4.93. The smallest absolute Gasteiger partial charge is 0.153 e. The van der Waals surface area contributed by atoms with Crippen LogP contribution in [0.3, 0.4) is 0 Å². The Morgan fingerprint density at radius 1 is 1.12 bits per heavy atom. The van der Waals surface area contributed by atoms with Crippen LogP contribution in [0.25, 0.3) is 6.08 Å². The number of aromatic nitrogens is 2. The number of hydrogen-bond acceptors (Lipinski definition) is 5. The highest BCUT2D eigenvalue weighted by atomic mass is 32.2. The zero-order valence-corrected chi connectivity index (χ0v) is 15.5. The molecular formula is C19H24N4O2S. The number of fused-ring (bicyclic) bond motifs is 1. The number of benzene rings is 1. The van der Waals surface area contributed by atoms with E-state index in [9.17, 15) is 8.42 Å². The minimum Gasteiger partial charge on any atom is -0.348 e. The number of imidazole rings is 1. The van der Waals surface area contributed by atoms with Gasteiger partial charge in [-0.3, -0.25) is 9.80 Å². The van der Waals surface area contributed by atoms with Gasteiger partial charge in [0.15, 0.2) is 9.84 Å². The fourth-order valence-electron chi connectivity index (χ4n) is 3.98. The number of hydrogen-bond donors (Lipinski definition) is 1. The van der Waals surface area contributed by atoms with Crippen LogP contribution in [-0.4, -0.2) is 71.4 Å². The SMILES string of the molecule is O=S1(=O)C[C@@H]2[C@H](C1)N(Cc1ncc[nH]1)CCN2CC=Cc1ccccc1.